The zero-order valence-corrected chi connectivity index (χ0v) is 8.91. The van der Waals surface area contributed by atoms with E-state index in [0.29, 0.717) is 18.6 Å². The predicted molar refractivity (Wildman–Crippen MR) is 54.6 cm³/mol. The van der Waals surface area contributed by atoms with Crippen LogP contribution in [0, 0.1) is 5.92 Å². The summed E-state index contributed by atoms with van der Waals surface area (Å²) < 4.78 is 42.3. The second-order valence-electron chi connectivity index (χ2n) is 4.13. The summed E-state index contributed by atoms with van der Waals surface area (Å²) in [6, 6.07) is 4.59. The Morgan fingerprint density at radius 3 is 2.24 bits per heavy atom. The monoisotopic (exact) mass is 244 g/mol. The number of aldehydes is 1. The Labute approximate surface area is 96.4 Å². The second-order valence-corrected chi connectivity index (χ2v) is 4.13. The van der Waals surface area contributed by atoms with Crippen LogP contribution >= 0.6 is 0 Å². The fourth-order valence-corrected chi connectivity index (χ4v) is 1.73. The molecule has 0 amide bonds. The molecule has 0 bridgehead atoms. The fourth-order valence-electron chi connectivity index (χ4n) is 1.73. The van der Waals surface area contributed by atoms with E-state index < -0.39 is 11.7 Å². The standard InChI is InChI=1S/C12H11F3O2/c13-12(14,15)9-1-3-10(4-2-9)17-11-5-8(6-11)7-16/h1-4,7-8,11H,5-6H2. The maximum absolute atomic E-state index is 12.3. The van der Waals surface area contributed by atoms with Crippen molar-refractivity contribution in [2.45, 2.75) is 25.1 Å². The number of benzene rings is 1. The molecule has 0 heterocycles. The molecule has 1 fully saturated rings. The number of hydrogen-bond acceptors (Lipinski definition) is 2. The average molecular weight is 244 g/mol. The predicted octanol–water partition coefficient (Wildman–Crippen LogP) is 3.06. The molecule has 1 aromatic rings. The topological polar surface area (TPSA) is 26.3 Å². The van der Waals surface area contributed by atoms with E-state index in [1.807, 2.05) is 0 Å². The number of rotatable bonds is 3. The number of carbonyl (C=O) groups is 1. The zero-order chi connectivity index (χ0) is 12.5. The first-order valence-electron chi connectivity index (χ1n) is 5.28. The zero-order valence-electron chi connectivity index (χ0n) is 8.91. The Kier molecular flexibility index (Phi) is 3.09. The number of ether oxygens (including phenoxy) is 1. The van der Waals surface area contributed by atoms with Gasteiger partial charge in [-0.15, -0.1) is 0 Å². The van der Waals surface area contributed by atoms with E-state index in [1.54, 1.807) is 0 Å². The van der Waals surface area contributed by atoms with E-state index in [-0.39, 0.29) is 12.0 Å². The Morgan fingerprint density at radius 2 is 1.76 bits per heavy atom. The maximum atomic E-state index is 12.3. The Morgan fingerprint density at radius 1 is 1.18 bits per heavy atom. The van der Waals surface area contributed by atoms with Crippen molar-refractivity contribution in [3.8, 4) is 5.75 Å². The minimum Gasteiger partial charge on any atom is -0.490 e. The summed E-state index contributed by atoms with van der Waals surface area (Å²) in [5.41, 5.74) is -0.691. The molecule has 1 aromatic carbocycles. The third-order valence-electron chi connectivity index (χ3n) is 2.81. The van der Waals surface area contributed by atoms with Gasteiger partial charge in [-0.25, -0.2) is 0 Å². The molecular formula is C12H11F3O2. The van der Waals surface area contributed by atoms with Gasteiger partial charge in [0.1, 0.15) is 18.1 Å². The Hall–Kier alpha value is -1.52. The SMILES string of the molecule is O=CC1CC(Oc2ccc(C(F)(F)F)cc2)C1. The van der Waals surface area contributed by atoms with Crippen molar-refractivity contribution in [3.05, 3.63) is 29.8 Å². The van der Waals surface area contributed by atoms with Gasteiger partial charge in [-0.2, -0.15) is 13.2 Å². The van der Waals surface area contributed by atoms with Gasteiger partial charge in [0, 0.05) is 5.92 Å². The molecule has 0 atom stereocenters. The highest BCUT2D eigenvalue weighted by atomic mass is 19.4. The molecule has 0 spiro atoms. The third kappa shape index (κ3) is 2.78. The van der Waals surface area contributed by atoms with E-state index in [0.717, 1.165) is 18.4 Å². The van der Waals surface area contributed by atoms with Gasteiger partial charge >= 0.3 is 6.18 Å². The summed E-state index contributed by atoms with van der Waals surface area (Å²) in [4.78, 5) is 10.4. The lowest BCUT2D eigenvalue weighted by atomic mass is 9.83. The van der Waals surface area contributed by atoms with Crippen LogP contribution in [-0.2, 0) is 11.0 Å². The molecular weight excluding hydrogens is 233 g/mol. The highest BCUT2D eigenvalue weighted by molar-refractivity contribution is 5.55. The number of alkyl halides is 3. The van der Waals surface area contributed by atoms with E-state index in [9.17, 15) is 18.0 Å². The molecule has 0 aliphatic heterocycles. The van der Waals surface area contributed by atoms with E-state index in [4.69, 9.17) is 4.74 Å². The summed E-state index contributed by atoms with van der Waals surface area (Å²) >= 11 is 0. The summed E-state index contributed by atoms with van der Waals surface area (Å²) in [5, 5.41) is 0. The maximum Gasteiger partial charge on any atom is 0.416 e. The number of hydrogen-bond donors (Lipinski definition) is 0. The molecule has 5 heteroatoms. The highest BCUT2D eigenvalue weighted by Crippen LogP contribution is 2.33. The van der Waals surface area contributed by atoms with Gasteiger partial charge in [0.15, 0.2) is 0 Å². The molecule has 0 aromatic heterocycles. The largest absolute Gasteiger partial charge is 0.490 e. The van der Waals surface area contributed by atoms with Crippen molar-refractivity contribution < 1.29 is 22.7 Å². The van der Waals surface area contributed by atoms with Gasteiger partial charge < -0.3 is 9.53 Å². The molecule has 1 aliphatic carbocycles. The first kappa shape index (κ1) is 12.0. The Balaban J connectivity index is 1.93. The smallest absolute Gasteiger partial charge is 0.416 e. The van der Waals surface area contributed by atoms with Gasteiger partial charge in [-0.05, 0) is 37.1 Å². The highest BCUT2D eigenvalue weighted by Gasteiger charge is 2.32. The summed E-state index contributed by atoms with van der Waals surface area (Å²) in [5.74, 6) is 0.446. The van der Waals surface area contributed by atoms with Gasteiger partial charge in [0.05, 0.1) is 5.56 Å². The quantitative estimate of drug-likeness (QED) is 0.764. The van der Waals surface area contributed by atoms with Crippen molar-refractivity contribution in [3.63, 3.8) is 0 Å². The molecule has 92 valence electrons. The van der Waals surface area contributed by atoms with Crippen molar-refractivity contribution >= 4 is 6.29 Å². The van der Waals surface area contributed by atoms with Crippen LogP contribution in [0.1, 0.15) is 18.4 Å². The van der Waals surface area contributed by atoms with Crippen molar-refractivity contribution in [2.24, 2.45) is 5.92 Å². The van der Waals surface area contributed by atoms with Crippen LogP contribution in [0.4, 0.5) is 13.2 Å². The molecule has 0 unspecified atom stereocenters. The van der Waals surface area contributed by atoms with Crippen LogP contribution in [0.3, 0.4) is 0 Å². The minimum atomic E-state index is -4.32. The summed E-state index contributed by atoms with van der Waals surface area (Å²) in [7, 11) is 0. The summed E-state index contributed by atoms with van der Waals surface area (Å²) in [6.07, 6.45) is -2.21. The van der Waals surface area contributed by atoms with Crippen molar-refractivity contribution in [2.75, 3.05) is 0 Å². The molecule has 17 heavy (non-hydrogen) atoms. The van der Waals surface area contributed by atoms with Gasteiger partial charge in [0.25, 0.3) is 0 Å². The lowest BCUT2D eigenvalue weighted by molar-refractivity contribution is -0.137. The van der Waals surface area contributed by atoms with E-state index in [1.165, 1.54) is 12.1 Å². The lowest BCUT2D eigenvalue weighted by Crippen LogP contribution is -2.34. The van der Waals surface area contributed by atoms with Crippen molar-refractivity contribution in [1.82, 2.24) is 0 Å². The third-order valence-corrected chi connectivity index (χ3v) is 2.81. The van der Waals surface area contributed by atoms with Crippen LogP contribution < -0.4 is 4.74 Å². The Bertz CT molecular complexity index is 391. The van der Waals surface area contributed by atoms with Crippen molar-refractivity contribution in [1.29, 1.82) is 0 Å². The average Bonchev–Trinajstić information content (AvgIpc) is 2.22. The molecule has 2 nitrogen and oxygen atoms in total. The fraction of sp³-hybridized carbons (Fsp3) is 0.417. The molecule has 1 aliphatic rings. The molecule has 0 N–H and O–H groups in total. The second kappa shape index (κ2) is 4.39. The molecule has 0 saturated heterocycles. The van der Waals surface area contributed by atoms with Crippen LogP contribution in [0.2, 0.25) is 0 Å². The van der Waals surface area contributed by atoms with Gasteiger partial charge in [0.2, 0.25) is 0 Å². The number of carbonyl (C=O) groups excluding carboxylic acids is 1. The van der Waals surface area contributed by atoms with Crippen LogP contribution in [-0.4, -0.2) is 12.4 Å². The van der Waals surface area contributed by atoms with E-state index >= 15 is 0 Å². The van der Waals surface area contributed by atoms with Crippen LogP contribution in [0.5, 0.6) is 5.75 Å². The van der Waals surface area contributed by atoms with Gasteiger partial charge in [-0.1, -0.05) is 0 Å². The molecule has 1 saturated carbocycles. The lowest BCUT2D eigenvalue weighted by Gasteiger charge is -2.31. The number of halogens is 3. The normalized spacial score (nSPS) is 23.9. The minimum absolute atomic E-state index is 0.0365. The first-order chi connectivity index (χ1) is 7.99. The van der Waals surface area contributed by atoms with Crippen LogP contribution in [0.15, 0.2) is 24.3 Å². The van der Waals surface area contributed by atoms with Gasteiger partial charge in [-0.3, -0.25) is 0 Å². The molecule has 2 rings (SSSR count). The first-order valence-corrected chi connectivity index (χ1v) is 5.28. The molecule has 0 radical (unpaired) electrons. The summed E-state index contributed by atoms with van der Waals surface area (Å²) in [6.45, 7) is 0. The van der Waals surface area contributed by atoms with E-state index in [2.05, 4.69) is 0 Å². The van der Waals surface area contributed by atoms with Crippen LogP contribution in [0.25, 0.3) is 0 Å².